The molecule has 0 aliphatic rings. The van der Waals surface area contributed by atoms with Crippen LogP contribution < -0.4 is 16.0 Å². The van der Waals surface area contributed by atoms with Gasteiger partial charge in [0.1, 0.15) is 18.2 Å². The topological polar surface area (TPSA) is 123 Å². The number of esters is 1. The molecule has 0 aliphatic carbocycles. The Kier molecular flexibility index (Phi) is 9.64. The molecule has 0 fully saturated rings. The molecule has 0 unspecified atom stereocenters. The summed E-state index contributed by atoms with van der Waals surface area (Å²) in [4.78, 5) is 47.7. The first-order valence-electron chi connectivity index (χ1n) is 9.34. The van der Waals surface area contributed by atoms with E-state index >= 15 is 0 Å². The molecule has 0 aromatic heterocycles. The molecule has 160 valence electrons. The van der Waals surface area contributed by atoms with E-state index in [-0.39, 0.29) is 26.1 Å². The van der Waals surface area contributed by atoms with E-state index in [1.54, 1.807) is 27.7 Å². The number of carbonyl (C=O) groups is 4. The lowest BCUT2D eigenvalue weighted by Gasteiger charge is -2.23. The molecule has 1 aromatic carbocycles. The van der Waals surface area contributed by atoms with Gasteiger partial charge < -0.3 is 25.4 Å². The lowest BCUT2D eigenvalue weighted by molar-refractivity contribution is -0.143. The fourth-order valence-electron chi connectivity index (χ4n) is 2.24. The Balaban J connectivity index is 2.66. The minimum absolute atomic E-state index is 0.211. The maximum atomic E-state index is 12.5. The van der Waals surface area contributed by atoms with Gasteiger partial charge in [-0.25, -0.2) is 4.79 Å². The molecule has 1 aromatic rings. The number of hydrogen-bond acceptors (Lipinski definition) is 6. The van der Waals surface area contributed by atoms with E-state index < -0.39 is 35.5 Å². The van der Waals surface area contributed by atoms with Gasteiger partial charge in [0, 0.05) is 6.42 Å². The predicted molar refractivity (Wildman–Crippen MR) is 106 cm³/mol. The Hall–Kier alpha value is -3.10. The molecule has 9 nitrogen and oxygen atoms in total. The summed E-state index contributed by atoms with van der Waals surface area (Å²) in [5.41, 5.74) is 0.112. The Bertz CT molecular complexity index is 700. The predicted octanol–water partition coefficient (Wildman–Crippen LogP) is 0.918. The Morgan fingerprint density at radius 2 is 1.66 bits per heavy atom. The number of rotatable bonds is 9. The highest BCUT2D eigenvalue weighted by Gasteiger charge is 2.25. The maximum absolute atomic E-state index is 12.5. The molecule has 9 heteroatoms. The minimum Gasteiger partial charge on any atom is -0.465 e. The monoisotopic (exact) mass is 407 g/mol. The first-order chi connectivity index (χ1) is 13.6. The van der Waals surface area contributed by atoms with Gasteiger partial charge in [0.15, 0.2) is 0 Å². The zero-order valence-electron chi connectivity index (χ0n) is 17.2. The molecule has 3 N–H and O–H groups in total. The van der Waals surface area contributed by atoms with Gasteiger partial charge in [-0.15, -0.1) is 0 Å². The molecule has 1 rings (SSSR count). The van der Waals surface area contributed by atoms with E-state index in [4.69, 9.17) is 9.47 Å². The SMILES string of the molecule is CCOC(=O)CNC(=O)CNC(=O)[C@H](Cc1ccccc1)NC(=O)OC(C)(C)C. The zero-order chi connectivity index (χ0) is 21.9. The summed E-state index contributed by atoms with van der Waals surface area (Å²) >= 11 is 0. The van der Waals surface area contributed by atoms with Crippen molar-refractivity contribution in [3.05, 3.63) is 35.9 Å². The highest BCUT2D eigenvalue weighted by molar-refractivity contribution is 5.90. The minimum atomic E-state index is -0.940. The Morgan fingerprint density at radius 1 is 1.00 bits per heavy atom. The van der Waals surface area contributed by atoms with E-state index in [2.05, 4.69) is 16.0 Å². The van der Waals surface area contributed by atoms with Gasteiger partial charge in [0.25, 0.3) is 0 Å². The second kappa shape index (κ2) is 11.7. The largest absolute Gasteiger partial charge is 0.465 e. The van der Waals surface area contributed by atoms with Crippen molar-refractivity contribution >= 4 is 23.9 Å². The number of nitrogens with one attached hydrogen (secondary N) is 3. The molecule has 29 heavy (non-hydrogen) atoms. The van der Waals surface area contributed by atoms with Gasteiger partial charge in [-0.1, -0.05) is 30.3 Å². The molecule has 0 spiro atoms. The van der Waals surface area contributed by atoms with Gasteiger partial charge in [0.2, 0.25) is 11.8 Å². The smallest absolute Gasteiger partial charge is 0.408 e. The molecule has 0 aliphatic heterocycles. The van der Waals surface area contributed by atoms with E-state index in [0.29, 0.717) is 0 Å². The number of hydrogen-bond donors (Lipinski definition) is 3. The summed E-state index contributed by atoms with van der Waals surface area (Å²) in [6, 6.07) is 8.19. The summed E-state index contributed by atoms with van der Waals surface area (Å²) in [5.74, 6) is -1.67. The van der Waals surface area contributed by atoms with Crippen molar-refractivity contribution in [2.45, 2.75) is 45.8 Å². The molecular weight excluding hydrogens is 378 g/mol. The van der Waals surface area contributed by atoms with Crippen molar-refractivity contribution in [3.63, 3.8) is 0 Å². The van der Waals surface area contributed by atoms with Gasteiger partial charge in [-0.2, -0.15) is 0 Å². The van der Waals surface area contributed by atoms with Crippen molar-refractivity contribution < 1.29 is 28.7 Å². The van der Waals surface area contributed by atoms with Gasteiger partial charge >= 0.3 is 12.1 Å². The third kappa shape index (κ3) is 10.7. The van der Waals surface area contributed by atoms with Crippen LogP contribution in [-0.2, 0) is 30.3 Å². The van der Waals surface area contributed by atoms with Crippen molar-refractivity contribution in [1.82, 2.24) is 16.0 Å². The van der Waals surface area contributed by atoms with Crippen LogP contribution in [0.5, 0.6) is 0 Å². The molecule has 3 amide bonds. The molecule has 0 radical (unpaired) electrons. The average molecular weight is 407 g/mol. The van der Waals surface area contributed by atoms with Crippen LogP contribution in [0, 0.1) is 0 Å². The quantitative estimate of drug-likeness (QED) is 0.523. The zero-order valence-corrected chi connectivity index (χ0v) is 17.2. The normalized spacial score (nSPS) is 11.7. The van der Waals surface area contributed by atoms with Crippen LogP contribution in [0.15, 0.2) is 30.3 Å². The summed E-state index contributed by atoms with van der Waals surface area (Å²) in [6.45, 7) is 6.38. The average Bonchev–Trinajstić information content (AvgIpc) is 2.63. The van der Waals surface area contributed by atoms with E-state index in [1.807, 2.05) is 30.3 Å². The van der Waals surface area contributed by atoms with Crippen LogP contribution in [0.4, 0.5) is 4.79 Å². The Labute approximate surface area is 170 Å². The second-order valence-corrected chi connectivity index (χ2v) is 7.19. The van der Waals surface area contributed by atoms with Crippen LogP contribution in [0.1, 0.15) is 33.3 Å². The number of alkyl carbamates (subject to hydrolysis) is 1. The standard InChI is InChI=1S/C20H29N3O6/c1-5-28-17(25)13-21-16(24)12-22-18(26)15(11-14-9-7-6-8-10-14)23-19(27)29-20(2,3)4/h6-10,15H,5,11-13H2,1-4H3,(H,21,24)(H,22,26)(H,23,27)/t15-/m0/s1. The van der Waals surface area contributed by atoms with Crippen molar-refractivity contribution in [1.29, 1.82) is 0 Å². The fourth-order valence-corrected chi connectivity index (χ4v) is 2.24. The van der Waals surface area contributed by atoms with Gasteiger partial charge in [-0.05, 0) is 33.3 Å². The molecule has 0 bridgehead atoms. The number of ether oxygens (including phenoxy) is 2. The molecule has 0 saturated carbocycles. The van der Waals surface area contributed by atoms with Crippen molar-refractivity contribution in [2.75, 3.05) is 19.7 Å². The third-order valence-electron chi connectivity index (χ3n) is 3.45. The first kappa shape index (κ1) is 23.9. The van der Waals surface area contributed by atoms with E-state index in [1.165, 1.54) is 0 Å². The van der Waals surface area contributed by atoms with Crippen LogP contribution in [0.2, 0.25) is 0 Å². The number of benzene rings is 1. The summed E-state index contributed by atoms with van der Waals surface area (Å²) in [6.07, 6.45) is -0.517. The summed E-state index contributed by atoms with van der Waals surface area (Å²) in [7, 11) is 0. The highest BCUT2D eigenvalue weighted by atomic mass is 16.6. The number of amides is 3. The number of carbonyl (C=O) groups excluding carboxylic acids is 4. The van der Waals surface area contributed by atoms with Crippen molar-refractivity contribution in [2.24, 2.45) is 0 Å². The maximum Gasteiger partial charge on any atom is 0.408 e. The van der Waals surface area contributed by atoms with Crippen LogP contribution in [0.3, 0.4) is 0 Å². The summed E-state index contributed by atoms with van der Waals surface area (Å²) < 4.78 is 9.91. The van der Waals surface area contributed by atoms with Gasteiger partial charge in [-0.3, -0.25) is 14.4 Å². The van der Waals surface area contributed by atoms with Crippen LogP contribution in [0.25, 0.3) is 0 Å². The van der Waals surface area contributed by atoms with Crippen LogP contribution >= 0.6 is 0 Å². The van der Waals surface area contributed by atoms with Crippen molar-refractivity contribution in [3.8, 4) is 0 Å². The lowest BCUT2D eigenvalue weighted by atomic mass is 10.1. The first-order valence-corrected chi connectivity index (χ1v) is 9.34. The molecule has 0 saturated heterocycles. The van der Waals surface area contributed by atoms with E-state index in [9.17, 15) is 19.2 Å². The second-order valence-electron chi connectivity index (χ2n) is 7.19. The van der Waals surface area contributed by atoms with Crippen LogP contribution in [-0.4, -0.2) is 55.2 Å². The summed E-state index contributed by atoms with van der Waals surface area (Å²) in [5, 5.41) is 7.33. The van der Waals surface area contributed by atoms with Gasteiger partial charge in [0.05, 0.1) is 13.2 Å². The lowest BCUT2D eigenvalue weighted by Crippen LogP contribution is -2.51. The molecule has 1 atom stereocenters. The Morgan fingerprint density at radius 3 is 2.24 bits per heavy atom. The highest BCUT2D eigenvalue weighted by Crippen LogP contribution is 2.08. The molecular formula is C20H29N3O6. The molecule has 0 heterocycles. The van der Waals surface area contributed by atoms with E-state index in [0.717, 1.165) is 5.56 Å². The third-order valence-corrected chi connectivity index (χ3v) is 3.45. The fraction of sp³-hybridized carbons (Fsp3) is 0.500.